The largest absolute Gasteiger partial charge is 0.361 e. The molecular weight excluding hydrogens is 330 g/mol. The lowest BCUT2D eigenvalue weighted by molar-refractivity contribution is 0.391. The van der Waals surface area contributed by atoms with Gasteiger partial charge < -0.3 is 15.2 Å². The van der Waals surface area contributed by atoms with Crippen LogP contribution in [-0.2, 0) is 16.4 Å². The number of hydrogen-bond donors (Lipinski definition) is 2. The third kappa shape index (κ3) is 3.90. The van der Waals surface area contributed by atoms with Crippen LogP contribution in [0, 0.1) is 6.92 Å². The van der Waals surface area contributed by atoms with E-state index in [0.29, 0.717) is 18.2 Å². The molecule has 1 saturated heterocycles. The van der Waals surface area contributed by atoms with E-state index in [9.17, 15) is 8.42 Å². The lowest BCUT2D eigenvalue weighted by Crippen LogP contribution is -2.30. The molecule has 0 spiro atoms. The number of anilines is 1. The van der Waals surface area contributed by atoms with Crippen LogP contribution in [0.5, 0.6) is 0 Å². The van der Waals surface area contributed by atoms with Crippen molar-refractivity contribution in [1.29, 1.82) is 0 Å². The zero-order chi connectivity index (χ0) is 17.2. The predicted molar refractivity (Wildman–Crippen MR) is 88.6 cm³/mol. The van der Waals surface area contributed by atoms with Gasteiger partial charge in [0.15, 0.2) is 9.84 Å². The molecule has 0 aliphatic carbocycles. The molecule has 1 atom stereocenters. The van der Waals surface area contributed by atoms with Crippen LogP contribution in [0.4, 0.5) is 5.95 Å². The number of nitrogens with zero attached hydrogens (tertiary/aromatic N) is 3. The maximum Gasteiger partial charge on any atom is 0.223 e. The van der Waals surface area contributed by atoms with Gasteiger partial charge in [0.25, 0.3) is 0 Å². The third-order valence-corrected chi connectivity index (χ3v) is 5.08. The van der Waals surface area contributed by atoms with E-state index in [0.717, 1.165) is 37.4 Å². The average Bonchev–Trinajstić information content (AvgIpc) is 2.98. The van der Waals surface area contributed by atoms with Gasteiger partial charge in [-0.25, -0.2) is 18.4 Å². The number of piperidine rings is 1. The molecule has 2 aromatic rings. The van der Waals surface area contributed by atoms with Crippen LogP contribution < -0.4 is 10.6 Å². The quantitative estimate of drug-likeness (QED) is 0.828. The molecule has 1 aliphatic heterocycles. The van der Waals surface area contributed by atoms with Crippen molar-refractivity contribution in [3.05, 3.63) is 29.4 Å². The highest BCUT2D eigenvalue weighted by Crippen LogP contribution is 2.27. The van der Waals surface area contributed by atoms with Gasteiger partial charge in [-0.2, -0.15) is 0 Å². The fourth-order valence-electron chi connectivity index (χ4n) is 2.80. The molecule has 24 heavy (non-hydrogen) atoms. The summed E-state index contributed by atoms with van der Waals surface area (Å²) < 4.78 is 29.1. The van der Waals surface area contributed by atoms with Crippen molar-refractivity contribution >= 4 is 15.8 Å². The molecule has 2 N–H and O–H groups in total. The van der Waals surface area contributed by atoms with Gasteiger partial charge in [-0.3, -0.25) is 0 Å². The van der Waals surface area contributed by atoms with Crippen LogP contribution in [0.25, 0.3) is 0 Å². The minimum Gasteiger partial charge on any atom is -0.361 e. The number of hydrogen-bond acceptors (Lipinski definition) is 8. The van der Waals surface area contributed by atoms with Gasteiger partial charge in [0.1, 0.15) is 16.3 Å². The maximum absolute atomic E-state index is 12.0. The molecule has 0 aromatic carbocycles. The second kappa shape index (κ2) is 6.86. The SMILES string of the molecule is Cc1cc(CNc2ncc(S(C)(=O)=O)c(C3CCCNC3)n2)no1. The Morgan fingerprint density at radius 1 is 1.46 bits per heavy atom. The molecule has 0 bridgehead atoms. The third-order valence-electron chi connectivity index (χ3n) is 3.97. The molecule has 3 heterocycles. The van der Waals surface area contributed by atoms with E-state index in [2.05, 4.69) is 25.8 Å². The zero-order valence-electron chi connectivity index (χ0n) is 13.7. The first-order valence-electron chi connectivity index (χ1n) is 7.87. The van der Waals surface area contributed by atoms with E-state index in [1.807, 2.05) is 13.0 Å². The minimum atomic E-state index is -3.37. The van der Waals surface area contributed by atoms with E-state index in [1.54, 1.807) is 0 Å². The second-order valence-corrected chi connectivity index (χ2v) is 8.03. The van der Waals surface area contributed by atoms with Crippen LogP contribution in [0.1, 0.15) is 35.9 Å². The molecule has 0 radical (unpaired) electrons. The van der Waals surface area contributed by atoms with Crippen molar-refractivity contribution in [3.63, 3.8) is 0 Å². The lowest BCUT2D eigenvalue weighted by Gasteiger charge is -2.24. The molecule has 8 nitrogen and oxygen atoms in total. The summed E-state index contributed by atoms with van der Waals surface area (Å²) in [4.78, 5) is 8.83. The fourth-order valence-corrected chi connectivity index (χ4v) is 3.64. The smallest absolute Gasteiger partial charge is 0.223 e. The standard InChI is InChI=1S/C15H21N5O3S/c1-10-6-12(20-23-10)8-17-15-18-9-13(24(2,21)22)14(19-15)11-4-3-5-16-7-11/h6,9,11,16H,3-5,7-8H2,1-2H3,(H,17,18,19). The van der Waals surface area contributed by atoms with Gasteiger partial charge >= 0.3 is 0 Å². The van der Waals surface area contributed by atoms with Gasteiger partial charge in [0.05, 0.1) is 18.4 Å². The molecule has 130 valence electrons. The van der Waals surface area contributed by atoms with E-state index < -0.39 is 9.84 Å². The van der Waals surface area contributed by atoms with Gasteiger partial charge in [-0.1, -0.05) is 5.16 Å². The summed E-state index contributed by atoms with van der Waals surface area (Å²) in [6, 6.07) is 1.82. The van der Waals surface area contributed by atoms with Crippen LogP contribution >= 0.6 is 0 Å². The van der Waals surface area contributed by atoms with Crippen molar-refractivity contribution in [3.8, 4) is 0 Å². The van der Waals surface area contributed by atoms with Crippen LogP contribution in [0.3, 0.4) is 0 Å². The number of sulfone groups is 1. The number of aryl methyl sites for hydroxylation is 1. The molecule has 2 aromatic heterocycles. The monoisotopic (exact) mass is 351 g/mol. The number of nitrogens with one attached hydrogen (secondary N) is 2. The number of aromatic nitrogens is 3. The number of rotatable bonds is 5. The Morgan fingerprint density at radius 3 is 2.92 bits per heavy atom. The van der Waals surface area contributed by atoms with Crippen LogP contribution in [-0.4, -0.2) is 42.9 Å². The fraction of sp³-hybridized carbons (Fsp3) is 0.533. The van der Waals surface area contributed by atoms with E-state index in [-0.39, 0.29) is 10.8 Å². The highest BCUT2D eigenvalue weighted by atomic mass is 32.2. The first-order chi connectivity index (χ1) is 11.4. The Hall–Kier alpha value is -2.00. The van der Waals surface area contributed by atoms with Crippen LogP contribution in [0.15, 0.2) is 21.7 Å². The molecule has 1 aliphatic rings. The van der Waals surface area contributed by atoms with Crippen LogP contribution in [0.2, 0.25) is 0 Å². The van der Waals surface area contributed by atoms with E-state index in [1.165, 1.54) is 12.5 Å². The van der Waals surface area contributed by atoms with Crippen molar-refractivity contribution in [2.24, 2.45) is 0 Å². The van der Waals surface area contributed by atoms with Crippen molar-refractivity contribution in [1.82, 2.24) is 20.4 Å². The summed E-state index contributed by atoms with van der Waals surface area (Å²) in [5, 5.41) is 10.3. The predicted octanol–water partition coefficient (Wildman–Crippen LogP) is 1.26. The molecule has 9 heteroatoms. The summed E-state index contributed by atoms with van der Waals surface area (Å²) >= 11 is 0. The van der Waals surface area contributed by atoms with Gasteiger partial charge in [-0.15, -0.1) is 0 Å². The Kier molecular flexibility index (Phi) is 4.81. The van der Waals surface area contributed by atoms with Gasteiger partial charge in [0, 0.05) is 24.8 Å². The summed E-state index contributed by atoms with van der Waals surface area (Å²) in [6.07, 6.45) is 4.49. The molecule has 3 rings (SSSR count). The summed E-state index contributed by atoms with van der Waals surface area (Å²) in [5.74, 6) is 1.19. The van der Waals surface area contributed by atoms with Crippen molar-refractivity contribution < 1.29 is 12.9 Å². The average molecular weight is 351 g/mol. The lowest BCUT2D eigenvalue weighted by atomic mass is 9.96. The second-order valence-electron chi connectivity index (χ2n) is 6.04. The highest BCUT2D eigenvalue weighted by molar-refractivity contribution is 7.90. The van der Waals surface area contributed by atoms with Gasteiger partial charge in [-0.05, 0) is 26.3 Å². The first kappa shape index (κ1) is 16.8. The minimum absolute atomic E-state index is 0.0707. The molecule has 0 amide bonds. The van der Waals surface area contributed by atoms with Crippen molar-refractivity contribution in [2.45, 2.75) is 37.1 Å². The molecule has 0 saturated carbocycles. The zero-order valence-corrected chi connectivity index (χ0v) is 14.6. The Morgan fingerprint density at radius 2 is 2.29 bits per heavy atom. The Labute approximate surface area is 141 Å². The Balaban J connectivity index is 1.85. The summed E-state index contributed by atoms with van der Waals surface area (Å²) in [5.41, 5.74) is 1.32. The maximum atomic E-state index is 12.0. The highest BCUT2D eigenvalue weighted by Gasteiger charge is 2.25. The molecular formula is C15H21N5O3S. The summed E-state index contributed by atoms with van der Waals surface area (Å²) in [6.45, 7) is 3.91. The first-order valence-corrected chi connectivity index (χ1v) is 9.76. The van der Waals surface area contributed by atoms with E-state index >= 15 is 0 Å². The Bertz CT molecular complexity index is 812. The van der Waals surface area contributed by atoms with E-state index in [4.69, 9.17) is 4.52 Å². The molecule has 1 unspecified atom stereocenters. The van der Waals surface area contributed by atoms with Gasteiger partial charge in [0.2, 0.25) is 5.95 Å². The summed E-state index contributed by atoms with van der Waals surface area (Å²) in [7, 11) is -3.37. The normalized spacial score (nSPS) is 18.5. The molecule has 1 fully saturated rings. The van der Waals surface area contributed by atoms with Crippen molar-refractivity contribution in [2.75, 3.05) is 24.7 Å². The topological polar surface area (TPSA) is 110 Å².